The summed E-state index contributed by atoms with van der Waals surface area (Å²) >= 11 is 1.78. The first-order valence-electron chi connectivity index (χ1n) is 6.29. The number of rotatable bonds is 3. The molecule has 0 fully saturated rings. The van der Waals surface area contributed by atoms with E-state index in [1.807, 2.05) is 6.07 Å². The Hall–Kier alpha value is -2.12. The van der Waals surface area contributed by atoms with Crippen LogP contribution in [0.4, 0.5) is 0 Å². The molecule has 0 atom stereocenters. The third-order valence-corrected chi connectivity index (χ3v) is 3.91. The van der Waals surface area contributed by atoms with Crippen molar-refractivity contribution < 1.29 is 0 Å². The van der Waals surface area contributed by atoms with Gasteiger partial charge in [-0.15, -0.1) is 11.3 Å². The summed E-state index contributed by atoms with van der Waals surface area (Å²) in [5.74, 6) is 0. The molecule has 0 N–H and O–H groups in total. The van der Waals surface area contributed by atoms with E-state index in [4.69, 9.17) is 0 Å². The fourth-order valence-corrected chi connectivity index (χ4v) is 2.82. The van der Waals surface area contributed by atoms with E-state index in [0.29, 0.717) is 0 Å². The van der Waals surface area contributed by atoms with Gasteiger partial charge in [-0.1, -0.05) is 72.8 Å². The molecule has 3 aromatic rings. The molecule has 0 nitrogen and oxygen atoms in total. The first kappa shape index (κ1) is 11.9. The summed E-state index contributed by atoms with van der Waals surface area (Å²) in [5.41, 5.74) is 3.78. The number of hydrogen-bond acceptors (Lipinski definition) is 1. The lowest BCUT2D eigenvalue weighted by atomic mass is 10.0. The Labute approximate surface area is 117 Å². The van der Waals surface area contributed by atoms with Crippen molar-refractivity contribution in [2.45, 2.75) is 0 Å². The van der Waals surface area contributed by atoms with Gasteiger partial charge < -0.3 is 0 Å². The zero-order chi connectivity index (χ0) is 12.9. The summed E-state index contributed by atoms with van der Waals surface area (Å²) in [6.07, 6.45) is 4.34. The summed E-state index contributed by atoms with van der Waals surface area (Å²) in [6, 6.07) is 23.2. The van der Waals surface area contributed by atoms with Crippen molar-refractivity contribution in [3.63, 3.8) is 0 Å². The fraction of sp³-hybridized carbons (Fsp3) is 0. The summed E-state index contributed by atoms with van der Waals surface area (Å²) in [7, 11) is 0. The minimum Gasteiger partial charge on any atom is -0.144 e. The standard InChI is InChI=1S/C18H14S/c1-2-7-15(8-3-1)12-13-16-9-4-5-10-17(16)18-11-6-14-19-18/h1-14H. The predicted molar refractivity (Wildman–Crippen MR) is 85.1 cm³/mol. The van der Waals surface area contributed by atoms with Crippen LogP contribution >= 0.6 is 11.3 Å². The Kier molecular flexibility index (Phi) is 3.57. The third kappa shape index (κ3) is 2.83. The molecule has 0 amide bonds. The molecule has 0 unspecified atom stereocenters. The maximum Gasteiger partial charge on any atom is 0.0348 e. The van der Waals surface area contributed by atoms with E-state index in [0.717, 1.165) is 0 Å². The molecule has 0 saturated heterocycles. The molecule has 3 rings (SSSR count). The van der Waals surface area contributed by atoms with Gasteiger partial charge in [0.25, 0.3) is 0 Å². The van der Waals surface area contributed by atoms with E-state index in [1.165, 1.54) is 21.6 Å². The predicted octanol–water partition coefficient (Wildman–Crippen LogP) is 5.59. The molecule has 1 heterocycles. The summed E-state index contributed by atoms with van der Waals surface area (Å²) < 4.78 is 0. The first-order chi connectivity index (χ1) is 9.43. The van der Waals surface area contributed by atoms with Crippen molar-refractivity contribution >= 4 is 23.5 Å². The van der Waals surface area contributed by atoms with Crippen molar-refractivity contribution in [1.82, 2.24) is 0 Å². The van der Waals surface area contributed by atoms with Crippen LogP contribution in [0.1, 0.15) is 11.1 Å². The maximum atomic E-state index is 2.18. The Morgan fingerprint density at radius 3 is 2.26 bits per heavy atom. The Morgan fingerprint density at radius 2 is 1.47 bits per heavy atom. The lowest BCUT2D eigenvalue weighted by molar-refractivity contribution is 1.64. The molecule has 92 valence electrons. The topological polar surface area (TPSA) is 0 Å². The highest BCUT2D eigenvalue weighted by molar-refractivity contribution is 7.13. The van der Waals surface area contributed by atoms with Gasteiger partial charge in [-0.3, -0.25) is 0 Å². The zero-order valence-electron chi connectivity index (χ0n) is 10.5. The second-order valence-electron chi connectivity index (χ2n) is 4.31. The van der Waals surface area contributed by atoms with E-state index in [2.05, 4.69) is 78.2 Å². The van der Waals surface area contributed by atoms with Crippen LogP contribution in [-0.2, 0) is 0 Å². The molecule has 2 aromatic carbocycles. The first-order valence-corrected chi connectivity index (χ1v) is 7.17. The molecular formula is C18H14S. The van der Waals surface area contributed by atoms with Gasteiger partial charge in [0.05, 0.1) is 0 Å². The summed E-state index contributed by atoms with van der Waals surface area (Å²) in [4.78, 5) is 1.31. The number of benzene rings is 2. The van der Waals surface area contributed by atoms with Gasteiger partial charge in [-0.25, -0.2) is 0 Å². The third-order valence-electron chi connectivity index (χ3n) is 3.00. The van der Waals surface area contributed by atoms with E-state index >= 15 is 0 Å². The average molecular weight is 262 g/mol. The molecule has 0 aliphatic heterocycles. The lowest BCUT2D eigenvalue weighted by Gasteiger charge is -2.03. The molecule has 1 aromatic heterocycles. The Balaban J connectivity index is 1.96. The monoisotopic (exact) mass is 262 g/mol. The molecule has 0 bridgehead atoms. The van der Waals surface area contributed by atoms with E-state index in [9.17, 15) is 0 Å². The molecule has 0 aliphatic carbocycles. The average Bonchev–Trinajstić information content (AvgIpc) is 3.01. The van der Waals surface area contributed by atoms with Gasteiger partial charge in [0.2, 0.25) is 0 Å². The van der Waals surface area contributed by atoms with Crippen LogP contribution in [0.5, 0.6) is 0 Å². The molecule has 0 radical (unpaired) electrons. The van der Waals surface area contributed by atoms with Crippen LogP contribution in [0.15, 0.2) is 72.1 Å². The molecular weight excluding hydrogens is 248 g/mol. The fourth-order valence-electron chi connectivity index (χ4n) is 2.05. The van der Waals surface area contributed by atoms with Crippen LogP contribution in [-0.4, -0.2) is 0 Å². The molecule has 19 heavy (non-hydrogen) atoms. The van der Waals surface area contributed by atoms with Crippen LogP contribution in [0.3, 0.4) is 0 Å². The summed E-state index contributed by atoms with van der Waals surface area (Å²) in [5, 5.41) is 2.12. The highest BCUT2D eigenvalue weighted by atomic mass is 32.1. The van der Waals surface area contributed by atoms with Gasteiger partial charge in [0.1, 0.15) is 0 Å². The molecule has 1 heteroatoms. The van der Waals surface area contributed by atoms with Gasteiger partial charge in [0.15, 0.2) is 0 Å². The second kappa shape index (κ2) is 5.68. The zero-order valence-corrected chi connectivity index (χ0v) is 11.3. The van der Waals surface area contributed by atoms with Crippen molar-refractivity contribution in [3.05, 3.63) is 83.2 Å². The molecule has 0 saturated carbocycles. The van der Waals surface area contributed by atoms with Crippen LogP contribution in [0, 0.1) is 0 Å². The van der Waals surface area contributed by atoms with E-state index in [-0.39, 0.29) is 0 Å². The quantitative estimate of drug-likeness (QED) is 0.540. The van der Waals surface area contributed by atoms with Gasteiger partial charge >= 0.3 is 0 Å². The highest BCUT2D eigenvalue weighted by Gasteiger charge is 2.02. The Morgan fingerprint density at radius 1 is 0.684 bits per heavy atom. The molecule has 0 spiro atoms. The van der Waals surface area contributed by atoms with Gasteiger partial charge in [-0.05, 0) is 28.1 Å². The normalized spacial score (nSPS) is 10.9. The minimum absolute atomic E-state index is 1.23. The largest absolute Gasteiger partial charge is 0.144 e. The van der Waals surface area contributed by atoms with E-state index < -0.39 is 0 Å². The van der Waals surface area contributed by atoms with Gasteiger partial charge in [-0.2, -0.15) is 0 Å². The van der Waals surface area contributed by atoms with Crippen molar-refractivity contribution in [1.29, 1.82) is 0 Å². The minimum atomic E-state index is 1.23. The van der Waals surface area contributed by atoms with Gasteiger partial charge in [0, 0.05) is 4.88 Å². The Bertz CT molecular complexity index is 664. The van der Waals surface area contributed by atoms with Crippen LogP contribution < -0.4 is 0 Å². The van der Waals surface area contributed by atoms with Crippen LogP contribution in [0.2, 0.25) is 0 Å². The summed E-state index contributed by atoms with van der Waals surface area (Å²) in [6.45, 7) is 0. The number of thiophene rings is 1. The smallest absolute Gasteiger partial charge is 0.0348 e. The van der Waals surface area contributed by atoms with Crippen LogP contribution in [0.25, 0.3) is 22.6 Å². The molecule has 0 aliphatic rings. The second-order valence-corrected chi connectivity index (χ2v) is 5.26. The van der Waals surface area contributed by atoms with E-state index in [1.54, 1.807) is 11.3 Å². The maximum absolute atomic E-state index is 2.18. The van der Waals surface area contributed by atoms with Crippen molar-refractivity contribution in [2.75, 3.05) is 0 Å². The van der Waals surface area contributed by atoms with Crippen molar-refractivity contribution in [3.8, 4) is 10.4 Å². The highest BCUT2D eigenvalue weighted by Crippen LogP contribution is 2.29. The van der Waals surface area contributed by atoms with Crippen molar-refractivity contribution in [2.24, 2.45) is 0 Å². The SMILES string of the molecule is C(=Cc1ccccc1-c1cccs1)c1ccccc1. The number of hydrogen-bond donors (Lipinski definition) is 0. The lowest BCUT2D eigenvalue weighted by Crippen LogP contribution is -1.79.